The minimum Gasteiger partial charge on any atom is -0.383 e. The summed E-state index contributed by atoms with van der Waals surface area (Å²) in [6, 6.07) is 3.51. The predicted octanol–water partition coefficient (Wildman–Crippen LogP) is 3.06. The molecule has 2 N–H and O–H groups in total. The van der Waals surface area contributed by atoms with Crippen molar-refractivity contribution in [2.24, 2.45) is 20.4 Å². The molecule has 9 heteroatoms. The Kier molecular flexibility index (Phi) is 9.73. The number of aliphatic imine (C=N–C) groups is 3. The van der Waals surface area contributed by atoms with E-state index in [2.05, 4.69) is 22.8 Å². The van der Waals surface area contributed by atoms with Crippen LogP contribution in [-0.4, -0.2) is 87.8 Å². The average molecular weight is 503 g/mol. The topological polar surface area (TPSA) is 103 Å². The number of hydrogen-bond acceptors (Lipinski definition) is 8. The Morgan fingerprint density at radius 2 is 2.03 bits per heavy atom. The van der Waals surface area contributed by atoms with Crippen molar-refractivity contribution >= 4 is 29.4 Å². The number of hydrogen-bond donors (Lipinski definition) is 2. The SMILES string of the molecule is COCCNC1CCC(NC2=NCC(Cl)C(C3CC(=NCC4(C#N)CCOCC4)CC=N3)=C2)CC1. The Morgan fingerprint density at radius 1 is 1.26 bits per heavy atom. The minimum atomic E-state index is -0.392. The van der Waals surface area contributed by atoms with Gasteiger partial charge in [0.25, 0.3) is 0 Å². The van der Waals surface area contributed by atoms with Crippen LogP contribution in [0.1, 0.15) is 51.4 Å². The summed E-state index contributed by atoms with van der Waals surface area (Å²) in [6.07, 6.45) is 11.7. The highest BCUT2D eigenvalue weighted by Crippen LogP contribution is 2.31. The van der Waals surface area contributed by atoms with Crippen molar-refractivity contribution in [3.05, 3.63) is 11.6 Å². The van der Waals surface area contributed by atoms with E-state index in [9.17, 15) is 5.26 Å². The standard InChI is InChI=1S/C26H39ClN6O2/c1-34-13-10-29-19-2-4-20(5-3-19)33-25-15-22(23(27)16-31-25)24-14-21(6-9-30-24)32-18-26(17-28)7-11-35-12-8-26/h9,15,19-20,23-24,29H,2-8,10-14,16,18H2,1H3,(H,31,33). The second kappa shape index (κ2) is 13.0. The first-order chi connectivity index (χ1) is 17.1. The number of nitriles is 1. The van der Waals surface area contributed by atoms with Gasteiger partial charge in [0.05, 0.1) is 42.6 Å². The lowest BCUT2D eigenvalue weighted by atomic mass is 9.82. The first-order valence-electron chi connectivity index (χ1n) is 13.0. The molecule has 1 aliphatic carbocycles. The molecular formula is C26H39ClN6O2. The van der Waals surface area contributed by atoms with E-state index in [0.29, 0.717) is 38.4 Å². The zero-order chi connectivity index (χ0) is 24.5. The molecule has 0 aromatic carbocycles. The van der Waals surface area contributed by atoms with Crippen molar-refractivity contribution in [2.45, 2.75) is 74.9 Å². The normalized spacial score (nSPS) is 32.0. The van der Waals surface area contributed by atoms with Crippen LogP contribution in [0.4, 0.5) is 0 Å². The molecule has 2 atom stereocenters. The molecule has 0 radical (unpaired) electrons. The average Bonchev–Trinajstić information content (AvgIpc) is 2.90. The number of alkyl halides is 1. The largest absolute Gasteiger partial charge is 0.383 e. The van der Waals surface area contributed by atoms with Gasteiger partial charge in [0.1, 0.15) is 5.84 Å². The lowest BCUT2D eigenvalue weighted by Crippen LogP contribution is -2.43. The van der Waals surface area contributed by atoms with Crippen LogP contribution < -0.4 is 10.6 Å². The van der Waals surface area contributed by atoms with Gasteiger partial charge < -0.3 is 20.1 Å². The number of dihydropyridines is 1. The van der Waals surface area contributed by atoms with E-state index in [-0.39, 0.29) is 11.4 Å². The van der Waals surface area contributed by atoms with Gasteiger partial charge in [-0.3, -0.25) is 15.0 Å². The van der Waals surface area contributed by atoms with Crippen molar-refractivity contribution in [3.63, 3.8) is 0 Å². The third-order valence-electron chi connectivity index (χ3n) is 7.62. The molecule has 8 nitrogen and oxygen atoms in total. The minimum absolute atomic E-state index is 0.00857. The Bertz CT molecular complexity index is 866. The summed E-state index contributed by atoms with van der Waals surface area (Å²) < 4.78 is 10.6. The third-order valence-corrected chi connectivity index (χ3v) is 8.01. The predicted molar refractivity (Wildman–Crippen MR) is 141 cm³/mol. The van der Waals surface area contributed by atoms with Gasteiger partial charge >= 0.3 is 0 Å². The zero-order valence-electron chi connectivity index (χ0n) is 20.8. The van der Waals surface area contributed by atoms with Crippen molar-refractivity contribution in [2.75, 3.05) is 46.6 Å². The highest BCUT2D eigenvalue weighted by molar-refractivity contribution is 6.23. The number of amidine groups is 1. The number of methoxy groups -OCH3 is 1. The van der Waals surface area contributed by atoms with Gasteiger partial charge in [0.15, 0.2) is 0 Å². The number of rotatable bonds is 8. The third kappa shape index (κ3) is 7.36. The van der Waals surface area contributed by atoms with Crippen LogP contribution in [0.5, 0.6) is 0 Å². The fourth-order valence-corrected chi connectivity index (χ4v) is 5.57. The monoisotopic (exact) mass is 502 g/mol. The van der Waals surface area contributed by atoms with E-state index >= 15 is 0 Å². The highest BCUT2D eigenvalue weighted by Gasteiger charge is 2.33. The van der Waals surface area contributed by atoms with Crippen LogP contribution in [0.15, 0.2) is 26.6 Å². The molecule has 0 spiro atoms. The first kappa shape index (κ1) is 26.3. The summed E-state index contributed by atoms with van der Waals surface area (Å²) in [6.45, 7) is 4.07. The van der Waals surface area contributed by atoms with Crippen molar-refractivity contribution in [1.82, 2.24) is 10.6 Å². The van der Waals surface area contributed by atoms with Crippen molar-refractivity contribution in [3.8, 4) is 6.07 Å². The lowest BCUT2D eigenvalue weighted by Gasteiger charge is -2.32. The molecule has 0 bridgehead atoms. The Balaban J connectivity index is 1.32. The van der Waals surface area contributed by atoms with E-state index in [1.807, 2.05) is 6.21 Å². The van der Waals surface area contributed by atoms with Gasteiger partial charge in [-0.25, -0.2) is 0 Å². The van der Waals surface area contributed by atoms with E-state index in [0.717, 1.165) is 81.6 Å². The van der Waals surface area contributed by atoms with Gasteiger partial charge in [0, 0.05) is 63.7 Å². The number of halogens is 1. The maximum Gasteiger partial charge on any atom is 0.121 e. The van der Waals surface area contributed by atoms with Crippen LogP contribution >= 0.6 is 11.6 Å². The molecule has 4 aliphatic rings. The lowest BCUT2D eigenvalue weighted by molar-refractivity contribution is 0.0442. The highest BCUT2D eigenvalue weighted by atomic mass is 35.5. The van der Waals surface area contributed by atoms with Crippen LogP contribution in [0.3, 0.4) is 0 Å². The number of nitrogens with one attached hydrogen (secondary N) is 2. The molecule has 1 saturated heterocycles. The van der Waals surface area contributed by atoms with Crippen LogP contribution in [0.25, 0.3) is 0 Å². The smallest absolute Gasteiger partial charge is 0.121 e. The van der Waals surface area contributed by atoms with E-state index < -0.39 is 5.41 Å². The van der Waals surface area contributed by atoms with Gasteiger partial charge in [-0.2, -0.15) is 5.26 Å². The molecule has 1 saturated carbocycles. The molecule has 3 aliphatic heterocycles. The molecule has 2 unspecified atom stereocenters. The van der Waals surface area contributed by atoms with Gasteiger partial charge in [-0.1, -0.05) is 0 Å². The second-order valence-corrected chi connectivity index (χ2v) is 10.6. The quantitative estimate of drug-likeness (QED) is 0.392. The van der Waals surface area contributed by atoms with Gasteiger partial charge in [0.2, 0.25) is 0 Å². The zero-order valence-corrected chi connectivity index (χ0v) is 21.6. The molecule has 2 fully saturated rings. The molecule has 35 heavy (non-hydrogen) atoms. The number of nitrogens with zero attached hydrogens (tertiary/aromatic N) is 4. The van der Waals surface area contributed by atoms with E-state index in [4.69, 9.17) is 36.1 Å². The van der Waals surface area contributed by atoms with Gasteiger partial charge in [-0.15, -0.1) is 11.6 Å². The van der Waals surface area contributed by atoms with Gasteiger partial charge in [-0.05, 0) is 50.2 Å². The maximum atomic E-state index is 9.73. The molecule has 4 rings (SSSR count). The summed E-state index contributed by atoms with van der Waals surface area (Å²) in [5.41, 5.74) is 1.83. The second-order valence-electron chi connectivity index (χ2n) is 10.1. The molecule has 192 valence electrons. The van der Waals surface area contributed by atoms with E-state index in [1.54, 1.807) is 7.11 Å². The fraction of sp³-hybridized carbons (Fsp3) is 0.769. The molecular weight excluding hydrogens is 464 g/mol. The van der Waals surface area contributed by atoms with Crippen LogP contribution in [0.2, 0.25) is 0 Å². The summed E-state index contributed by atoms with van der Waals surface area (Å²) in [7, 11) is 1.74. The molecule has 0 aromatic rings. The maximum absolute atomic E-state index is 9.73. The van der Waals surface area contributed by atoms with Crippen molar-refractivity contribution < 1.29 is 9.47 Å². The molecule has 3 heterocycles. The Labute approximate surface area is 214 Å². The summed E-state index contributed by atoms with van der Waals surface area (Å²) in [4.78, 5) is 14.4. The summed E-state index contributed by atoms with van der Waals surface area (Å²) in [5, 5.41) is 16.8. The molecule has 0 amide bonds. The van der Waals surface area contributed by atoms with Crippen LogP contribution in [-0.2, 0) is 9.47 Å². The van der Waals surface area contributed by atoms with Crippen LogP contribution in [0, 0.1) is 16.7 Å². The first-order valence-corrected chi connectivity index (χ1v) is 13.5. The Morgan fingerprint density at radius 3 is 2.77 bits per heavy atom. The van der Waals surface area contributed by atoms with Crippen molar-refractivity contribution in [1.29, 1.82) is 5.26 Å². The van der Waals surface area contributed by atoms with E-state index in [1.165, 1.54) is 0 Å². The summed E-state index contributed by atoms with van der Waals surface area (Å²) >= 11 is 6.70. The number of ether oxygens (including phenoxy) is 2. The molecule has 0 aromatic heterocycles. The Hall–Kier alpha value is -1.79. The summed E-state index contributed by atoms with van der Waals surface area (Å²) in [5.74, 6) is 0.928. The fourth-order valence-electron chi connectivity index (χ4n) is 5.29.